The van der Waals surface area contributed by atoms with E-state index in [1.807, 2.05) is 0 Å². The molecular formula is C11H23BN2O. The third-order valence-electron chi connectivity index (χ3n) is 2.65. The topological polar surface area (TPSA) is 32.3 Å². The number of unbranched alkanes of at least 4 members (excludes halogenated alkanes) is 2. The maximum Gasteiger partial charge on any atom is 0.226 e. The highest BCUT2D eigenvalue weighted by Crippen LogP contribution is 2.04. The van der Waals surface area contributed by atoms with Gasteiger partial charge in [-0.1, -0.05) is 13.3 Å². The van der Waals surface area contributed by atoms with E-state index in [0.29, 0.717) is 12.5 Å². The molecule has 0 aliphatic carbocycles. The summed E-state index contributed by atoms with van der Waals surface area (Å²) < 4.78 is 0. The van der Waals surface area contributed by atoms with Crippen LogP contribution in [0.1, 0.15) is 46.5 Å². The zero-order chi connectivity index (χ0) is 11.7. The summed E-state index contributed by atoms with van der Waals surface area (Å²) in [6, 6.07) is 0.613. The number of hydrogen-bond acceptors (Lipinski definition) is 2. The Labute approximate surface area is 95.0 Å². The zero-order valence-corrected chi connectivity index (χ0v) is 10.3. The van der Waals surface area contributed by atoms with Gasteiger partial charge < -0.3 is 10.1 Å². The minimum atomic E-state index is -0.0637. The summed E-state index contributed by atoms with van der Waals surface area (Å²) in [6.07, 6.45) is 3.73. The van der Waals surface area contributed by atoms with Crippen molar-refractivity contribution in [2.24, 2.45) is 0 Å². The van der Waals surface area contributed by atoms with Gasteiger partial charge in [0.2, 0.25) is 13.9 Å². The predicted octanol–water partition coefficient (Wildman–Crippen LogP) is 1.48. The molecule has 2 radical (unpaired) electrons. The number of carbonyl (C=O) groups excluding carboxylic acids is 1. The van der Waals surface area contributed by atoms with Gasteiger partial charge in [-0.3, -0.25) is 4.79 Å². The van der Waals surface area contributed by atoms with Gasteiger partial charge in [0.05, 0.1) is 0 Å². The molecule has 0 fully saturated rings. The van der Waals surface area contributed by atoms with Crippen LogP contribution in [0.25, 0.3) is 0 Å². The van der Waals surface area contributed by atoms with Crippen molar-refractivity contribution in [3.8, 4) is 0 Å². The van der Waals surface area contributed by atoms with Gasteiger partial charge in [-0.15, -0.1) is 0 Å². The average molecular weight is 210 g/mol. The fraction of sp³-hybridized carbons (Fsp3) is 0.909. The molecule has 15 heavy (non-hydrogen) atoms. The fourth-order valence-electron chi connectivity index (χ4n) is 1.63. The van der Waals surface area contributed by atoms with Crippen LogP contribution in [0.4, 0.5) is 0 Å². The van der Waals surface area contributed by atoms with Crippen molar-refractivity contribution in [3.05, 3.63) is 0 Å². The molecule has 86 valence electrons. The predicted molar refractivity (Wildman–Crippen MR) is 64.7 cm³/mol. The van der Waals surface area contributed by atoms with E-state index in [4.69, 9.17) is 7.98 Å². The second kappa shape index (κ2) is 8.78. The van der Waals surface area contributed by atoms with Crippen LogP contribution in [0.2, 0.25) is 0 Å². The van der Waals surface area contributed by atoms with Gasteiger partial charge >= 0.3 is 0 Å². The van der Waals surface area contributed by atoms with E-state index in [1.165, 1.54) is 0 Å². The first-order valence-electron chi connectivity index (χ1n) is 5.85. The Morgan fingerprint density at radius 2 is 2.00 bits per heavy atom. The minimum Gasteiger partial charge on any atom is -0.409 e. The SMILES string of the molecule is [B]NC(=O)CCCCCN(CC)C(C)C. The molecule has 0 aromatic heterocycles. The summed E-state index contributed by atoms with van der Waals surface area (Å²) in [5.41, 5.74) is 0. The molecule has 0 saturated carbocycles. The van der Waals surface area contributed by atoms with Gasteiger partial charge in [-0.05, 0) is 39.8 Å². The number of nitrogens with one attached hydrogen (secondary N) is 1. The van der Waals surface area contributed by atoms with Crippen molar-refractivity contribution in [1.29, 1.82) is 0 Å². The molecule has 1 N–H and O–H groups in total. The van der Waals surface area contributed by atoms with Crippen molar-refractivity contribution in [2.75, 3.05) is 13.1 Å². The maximum absolute atomic E-state index is 10.8. The third-order valence-corrected chi connectivity index (χ3v) is 2.65. The molecule has 4 heteroatoms. The summed E-state index contributed by atoms with van der Waals surface area (Å²) in [5, 5.41) is 2.14. The minimum absolute atomic E-state index is 0.0637. The largest absolute Gasteiger partial charge is 0.409 e. The number of hydrogen-bond donors (Lipinski definition) is 1. The van der Waals surface area contributed by atoms with Crippen LogP contribution in [0.3, 0.4) is 0 Å². The van der Waals surface area contributed by atoms with Gasteiger partial charge in [0.15, 0.2) is 0 Å². The first-order valence-corrected chi connectivity index (χ1v) is 5.85. The van der Waals surface area contributed by atoms with E-state index in [1.54, 1.807) is 0 Å². The van der Waals surface area contributed by atoms with Crippen molar-refractivity contribution >= 4 is 13.9 Å². The summed E-state index contributed by atoms with van der Waals surface area (Å²) in [5.74, 6) is -0.0637. The summed E-state index contributed by atoms with van der Waals surface area (Å²) in [6.45, 7) is 8.83. The molecule has 0 aromatic rings. The fourth-order valence-corrected chi connectivity index (χ4v) is 1.63. The van der Waals surface area contributed by atoms with Crippen LogP contribution in [-0.2, 0) is 4.79 Å². The number of carbonyl (C=O) groups is 1. The van der Waals surface area contributed by atoms with Gasteiger partial charge in [0.25, 0.3) is 0 Å². The Morgan fingerprint density at radius 3 is 2.47 bits per heavy atom. The Balaban J connectivity index is 3.40. The second-order valence-corrected chi connectivity index (χ2v) is 4.10. The van der Waals surface area contributed by atoms with E-state index < -0.39 is 0 Å². The second-order valence-electron chi connectivity index (χ2n) is 4.10. The molecule has 1 amide bonds. The first-order chi connectivity index (χ1) is 7.11. The van der Waals surface area contributed by atoms with E-state index in [0.717, 1.165) is 32.4 Å². The molecular weight excluding hydrogens is 187 g/mol. The quantitative estimate of drug-likeness (QED) is 0.486. The molecule has 0 spiro atoms. The number of amides is 1. The third kappa shape index (κ3) is 7.43. The van der Waals surface area contributed by atoms with Gasteiger partial charge in [-0.2, -0.15) is 0 Å². The standard InChI is InChI=1S/C11H23BN2O/c1-4-14(10(2)3)9-7-5-6-8-11(15)13-12/h10H,4-9H2,1-3H3,(H,13,15). The summed E-state index contributed by atoms with van der Waals surface area (Å²) >= 11 is 0. The molecule has 0 saturated heterocycles. The summed E-state index contributed by atoms with van der Waals surface area (Å²) in [7, 11) is 4.99. The highest BCUT2D eigenvalue weighted by atomic mass is 16.1. The lowest BCUT2D eigenvalue weighted by Crippen LogP contribution is -2.31. The highest BCUT2D eigenvalue weighted by Gasteiger charge is 2.05. The van der Waals surface area contributed by atoms with Crippen LogP contribution in [-0.4, -0.2) is 37.9 Å². The van der Waals surface area contributed by atoms with Gasteiger partial charge in [-0.25, -0.2) is 0 Å². The van der Waals surface area contributed by atoms with E-state index in [2.05, 4.69) is 30.9 Å². The van der Waals surface area contributed by atoms with Crippen molar-refractivity contribution < 1.29 is 4.79 Å². The van der Waals surface area contributed by atoms with Crippen molar-refractivity contribution in [2.45, 2.75) is 52.5 Å². The van der Waals surface area contributed by atoms with E-state index in [9.17, 15) is 4.79 Å². The molecule has 0 atom stereocenters. The lowest BCUT2D eigenvalue weighted by Gasteiger charge is -2.24. The van der Waals surface area contributed by atoms with Crippen molar-refractivity contribution in [3.63, 3.8) is 0 Å². The molecule has 0 aliphatic heterocycles. The van der Waals surface area contributed by atoms with Crippen LogP contribution < -0.4 is 5.23 Å². The van der Waals surface area contributed by atoms with Gasteiger partial charge in [0.1, 0.15) is 0 Å². The van der Waals surface area contributed by atoms with Crippen LogP contribution in [0, 0.1) is 0 Å². The van der Waals surface area contributed by atoms with Crippen LogP contribution >= 0.6 is 0 Å². The van der Waals surface area contributed by atoms with Crippen molar-refractivity contribution in [1.82, 2.24) is 10.1 Å². The molecule has 0 bridgehead atoms. The maximum atomic E-state index is 10.8. The Bertz CT molecular complexity index is 174. The monoisotopic (exact) mass is 210 g/mol. The molecule has 3 nitrogen and oxygen atoms in total. The Morgan fingerprint density at radius 1 is 1.33 bits per heavy atom. The zero-order valence-electron chi connectivity index (χ0n) is 10.3. The number of nitrogens with zero attached hydrogens (tertiary/aromatic N) is 1. The summed E-state index contributed by atoms with van der Waals surface area (Å²) in [4.78, 5) is 13.3. The highest BCUT2D eigenvalue weighted by molar-refractivity contribution is 6.14. The molecule has 0 aliphatic rings. The number of rotatable bonds is 8. The molecule has 0 aromatic carbocycles. The first kappa shape index (κ1) is 14.5. The van der Waals surface area contributed by atoms with Gasteiger partial charge in [0, 0.05) is 12.5 Å². The van der Waals surface area contributed by atoms with E-state index in [-0.39, 0.29) is 5.91 Å². The normalized spacial score (nSPS) is 11.0. The Kier molecular flexibility index (Phi) is 8.48. The molecule has 0 unspecified atom stereocenters. The molecule has 0 rings (SSSR count). The lowest BCUT2D eigenvalue weighted by atomic mass is 10.1. The smallest absolute Gasteiger partial charge is 0.226 e. The van der Waals surface area contributed by atoms with E-state index >= 15 is 0 Å². The molecule has 0 heterocycles. The van der Waals surface area contributed by atoms with Crippen LogP contribution in [0.15, 0.2) is 0 Å². The van der Waals surface area contributed by atoms with Crippen LogP contribution in [0.5, 0.6) is 0 Å². The lowest BCUT2D eigenvalue weighted by molar-refractivity contribution is -0.119. The Hall–Kier alpha value is -0.505. The average Bonchev–Trinajstić information content (AvgIpc) is 2.22.